The third kappa shape index (κ3) is 4.92. The van der Waals surface area contributed by atoms with E-state index in [1.165, 1.54) is 0 Å². The number of carboxylic acids is 2. The van der Waals surface area contributed by atoms with Gasteiger partial charge in [-0.3, -0.25) is 0 Å². The number of carboxylic acid groups (broad SMARTS) is 2. The van der Waals surface area contributed by atoms with Crippen LogP contribution >= 0.6 is 0 Å². The van der Waals surface area contributed by atoms with E-state index in [4.69, 9.17) is 10.2 Å². The molecule has 2 N–H and O–H groups in total. The lowest BCUT2D eigenvalue weighted by Crippen LogP contribution is -1.97. The Hall–Kier alpha value is -6.26. The smallest absolute Gasteiger partial charge is 0.335 e. The molecule has 0 fully saturated rings. The normalized spacial score (nSPS) is 10.5. The van der Waals surface area contributed by atoms with Crippen molar-refractivity contribution in [1.82, 2.24) is 19.2 Å². The van der Waals surface area contributed by atoms with Crippen molar-refractivity contribution in [2.24, 2.45) is 0 Å². The SMILES string of the molecule is Cc1ccnn2c(-c3ccc(C(=O)O)cc3)cc(C#N)c12.Cc1ccnn2c(-c3ccc(C(=O)O)cc3)cc(C#N)c12. The standard InChI is InChI=1S/2C16H11N3O2/c2*1-10-6-7-18-19-14(8-13(9-17)15(10)19)11-2-4-12(5-3-11)16(20)21/h2*2-8H,1H3,(H,20,21). The molecule has 0 spiro atoms. The Morgan fingerprint density at radius 1 is 0.643 bits per heavy atom. The largest absolute Gasteiger partial charge is 0.478 e. The molecule has 10 heteroatoms. The van der Waals surface area contributed by atoms with Gasteiger partial charge in [-0.15, -0.1) is 0 Å². The lowest BCUT2D eigenvalue weighted by molar-refractivity contribution is 0.0686. The van der Waals surface area contributed by atoms with E-state index < -0.39 is 11.9 Å². The van der Waals surface area contributed by atoms with Gasteiger partial charge in [0, 0.05) is 23.5 Å². The monoisotopic (exact) mass is 554 g/mol. The summed E-state index contributed by atoms with van der Waals surface area (Å²) in [4.78, 5) is 21.8. The van der Waals surface area contributed by atoms with E-state index in [1.54, 1.807) is 82.1 Å². The molecule has 0 saturated carbocycles. The van der Waals surface area contributed by atoms with Crippen LogP contribution < -0.4 is 0 Å². The Morgan fingerprint density at radius 3 is 1.31 bits per heavy atom. The molecule has 0 bridgehead atoms. The van der Waals surface area contributed by atoms with Crippen LogP contribution in [0, 0.1) is 36.5 Å². The summed E-state index contributed by atoms with van der Waals surface area (Å²) >= 11 is 0. The summed E-state index contributed by atoms with van der Waals surface area (Å²) < 4.78 is 3.42. The van der Waals surface area contributed by atoms with E-state index in [0.29, 0.717) is 11.1 Å². The van der Waals surface area contributed by atoms with E-state index >= 15 is 0 Å². The number of fused-ring (bicyclic) bond motifs is 2. The number of nitrogens with zero attached hydrogens (tertiary/aromatic N) is 6. The van der Waals surface area contributed by atoms with Gasteiger partial charge in [-0.1, -0.05) is 24.3 Å². The van der Waals surface area contributed by atoms with Crippen LogP contribution in [-0.2, 0) is 0 Å². The number of rotatable bonds is 4. The van der Waals surface area contributed by atoms with Crippen LogP contribution in [0.2, 0.25) is 0 Å². The van der Waals surface area contributed by atoms with Crippen molar-refractivity contribution in [3.05, 3.63) is 119 Å². The van der Waals surface area contributed by atoms with Crippen molar-refractivity contribution >= 4 is 23.0 Å². The zero-order valence-electron chi connectivity index (χ0n) is 22.5. The number of nitriles is 2. The maximum Gasteiger partial charge on any atom is 0.335 e. The maximum absolute atomic E-state index is 10.9. The second-order valence-corrected chi connectivity index (χ2v) is 9.42. The quantitative estimate of drug-likeness (QED) is 0.278. The van der Waals surface area contributed by atoms with Gasteiger partial charge in [0.25, 0.3) is 0 Å². The van der Waals surface area contributed by atoms with E-state index in [1.807, 2.05) is 26.0 Å². The molecule has 6 aromatic rings. The number of carbonyl (C=O) groups is 2. The highest BCUT2D eigenvalue weighted by Crippen LogP contribution is 2.28. The molecule has 0 aliphatic heterocycles. The fraction of sp³-hybridized carbons (Fsp3) is 0.0625. The van der Waals surface area contributed by atoms with Crippen molar-refractivity contribution in [3.8, 4) is 34.7 Å². The number of aromatic nitrogens is 4. The highest BCUT2D eigenvalue weighted by atomic mass is 16.4. The summed E-state index contributed by atoms with van der Waals surface area (Å²) in [6.07, 6.45) is 3.36. The summed E-state index contributed by atoms with van der Waals surface area (Å²) in [7, 11) is 0. The fourth-order valence-electron chi connectivity index (χ4n) is 4.73. The zero-order chi connectivity index (χ0) is 30.0. The third-order valence-corrected chi connectivity index (χ3v) is 6.81. The lowest BCUT2D eigenvalue weighted by Gasteiger charge is -2.04. The van der Waals surface area contributed by atoms with Gasteiger partial charge in [-0.05, 0) is 73.5 Å². The molecule has 0 atom stereocenters. The molecule has 0 aliphatic rings. The Balaban J connectivity index is 0.000000168. The fourth-order valence-corrected chi connectivity index (χ4v) is 4.73. The van der Waals surface area contributed by atoms with Gasteiger partial charge < -0.3 is 10.2 Å². The van der Waals surface area contributed by atoms with E-state index in [0.717, 1.165) is 44.7 Å². The van der Waals surface area contributed by atoms with Gasteiger partial charge >= 0.3 is 11.9 Å². The molecule has 42 heavy (non-hydrogen) atoms. The maximum atomic E-state index is 10.9. The van der Waals surface area contributed by atoms with Gasteiger partial charge in [0.1, 0.15) is 12.1 Å². The summed E-state index contributed by atoms with van der Waals surface area (Å²) in [5.41, 5.74) is 8.21. The summed E-state index contributed by atoms with van der Waals surface area (Å²) in [6, 6.07) is 24.6. The van der Waals surface area contributed by atoms with Crippen molar-refractivity contribution < 1.29 is 19.8 Å². The predicted octanol–water partition coefficient (Wildman–Crippen LogP) is 5.76. The van der Waals surface area contributed by atoms with Gasteiger partial charge in [0.05, 0.1) is 44.7 Å². The van der Waals surface area contributed by atoms with Gasteiger partial charge in [0.15, 0.2) is 0 Å². The van der Waals surface area contributed by atoms with Crippen LogP contribution in [0.1, 0.15) is 43.0 Å². The predicted molar refractivity (Wildman–Crippen MR) is 154 cm³/mol. The zero-order valence-corrected chi connectivity index (χ0v) is 22.5. The van der Waals surface area contributed by atoms with Crippen LogP contribution in [0.15, 0.2) is 85.2 Å². The van der Waals surface area contributed by atoms with Crippen molar-refractivity contribution in [2.75, 3.05) is 0 Å². The lowest BCUT2D eigenvalue weighted by atomic mass is 10.1. The molecule has 2 aromatic carbocycles. The molecule has 0 unspecified atom stereocenters. The molecular weight excluding hydrogens is 532 g/mol. The van der Waals surface area contributed by atoms with Crippen molar-refractivity contribution in [1.29, 1.82) is 10.5 Å². The van der Waals surface area contributed by atoms with Crippen LogP contribution in [0.5, 0.6) is 0 Å². The van der Waals surface area contributed by atoms with Gasteiger partial charge in [0.2, 0.25) is 0 Å². The minimum absolute atomic E-state index is 0.226. The minimum atomic E-state index is -0.965. The van der Waals surface area contributed by atoms with Crippen molar-refractivity contribution in [2.45, 2.75) is 13.8 Å². The second kappa shape index (κ2) is 11.1. The van der Waals surface area contributed by atoms with Crippen LogP contribution in [0.4, 0.5) is 0 Å². The average molecular weight is 555 g/mol. The molecule has 4 heterocycles. The molecule has 4 aromatic heterocycles. The highest BCUT2D eigenvalue weighted by molar-refractivity contribution is 5.89. The first-order chi connectivity index (χ1) is 20.2. The number of hydrogen-bond donors (Lipinski definition) is 2. The summed E-state index contributed by atoms with van der Waals surface area (Å²) in [5.74, 6) is -1.93. The molecule has 6 rings (SSSR count). The Bertz CT molecular complexity index is 1920. The minimum Gasteiger partial charge on any atom is -0.478 e. The number of aromatic carboxylic acids is 2. The highest BCUT2D eigenvalue weighted by Gasteiger charge is 2.15. The first-order valence-electron chi connectivity index (χ1n) is 12.7. The van der Waals surface area contributed by atoms with Crippen LogP contribution in [0.25, 0.3) is 33.5 Å². The van der Waals surface area contributed by atoms with Gasteiger partial charge in [-0.25, -0.2) is 18.6 Å². The Kier molecular flexibility index (Phi) is 7.21. The summed E-state index contributed by atoms with van der Waals surface area (Å²) in [5, 5.41) is 45.0. The topological polar surface area (TPSA) is 157 Å². The number of hydrogen-bond acceptors (Lipinski definition) is 6. The third-order valence-electron chi connectivity index (χ3n) is 6.81. The van der Waals surface area contributed by atoms with Gasteiger partial charge in [-0.2, -0.15) is 20.7 Å². The molecule has 0 saturated heterocycles. The Morgan fingerprint density at radius 2 is 1.00 bits per heavy atom. The molecule has 0 amide bonds. The van der Waals surface area contributed by atoms with E-state index in [2.05, 4.69) is 22.3 Å². The number of aryl methyl sites for hydroxylation is 2. The first kappa shape index (κ1) is 27.3. The molecule has 204 valence electrons. The second-order valence-electron chi connectivity index (χ2n) is 9.42. The average Bonchev–Trinajstić information content (AvgIpc) is 3.58. The molecule has 0 aliphatic carbocycles. The molecular formula is C32H22N6O4. The molecule has 10 nitrogen and oxygen atoms in total. The van der Waals surface area contributed by atoms with E-state index in [9.17, 15) is 20.1 Å². The van der Waals surface area contributed by atoms with E-state index in [-0.39, 0.29) is 11.1 Å². The van der Waals surface area contributed by atoms with Crippen molar-refractivity contribution in [3.63, 3.8) is 0 Å². The number of benzene rings is 2. The molecule has 0 radical (unpaired) electrons. The summed E-state index contributed by atoms with van der Waals surface area (Å²) in [6.45, 7) is 3.85. The Labute approximate surface area is 239 Å². The first-order valence-corrected chi connectivity index (χ1v) is 12.7. The van der Waals surface area contributed by atoms with Crippen LogP contribution in [0.3, 0.4) is 0 Å². The van der Waals surface area contributed by atoms with Crippen LogP contribution in [-0.4, -0.2) is 41.4 Å².